The van der Waals surface area contributed by atoms with Crippen LogP contribution in [0.1, 0.15) is 5.56 Å². The molecule has 0 aliphatic carbocycles. The Bertz CT molecular complexity index is 906. The fraction of sp³-hybridized carbons (Fsp3) is 0.316. The molecule has 0 atom stereocenters. The van der Waals surface area contributed by atoms with E-state index in [2.05, 4.69) is 15.1 Å². The molecule has 4 rings (SSSR count). The first kappa shape index (κ1) is 19.4. The average Bonchev–Trinajstić information content (AvgIpc) is 3.40. The van der Waals surface area contributed by atoms with Crippen LogP contribution in [0.15, 0.2) is 51.4 Å². The Morgan fingerprint density at radius 2 is 1.93 bits per heavy atom. The van der Waals surface area contributed by atoms with Crippen molar-refractivity contribution in [2.24, 2.45) is 0 Å². The SMILES string of the molecule is O=C(CSc1nnc(-c2cccs2)o1)N1CCN(Cc2ccc(Cl)cc2)CC1. The highest BCUT2D eigenvalue weighted by molar-refractivity contribution is 7.99. The van der Waals surface area contributed by atoms with Gasteiger partial charge in [0.2, 0.25) is 5.91 Å². The second-order valence-corrected chi connectivity index (χ2v) is 8.73. The molecule has 0 unspecified atom stereocenters. The topological polar surface area (TPSA) is 62.5 Å². The molecule has 1 amide bonds. The fourth-order valence-electron chi connectivity index (χ4n) is 2.99. The summed E-state index contributed by atoms with van der Waals surface area (Å²) in [5.41, 5.74) is 1.23. The zero-order chi connectivity index (χ0) is 19.3. The minimum absolute atomic E-state index is 0.104. The summed E-state index contributed by atoms with van der Waals surface area (Å²) in [5, 5.41) is 11.2. The Hall–Kier alpha value is -1.87. The lowest BCUT2D eigenvalue weighted by atomic mass is 10.2. The first-order valence-electron chi connectivity index (χ1n) is 8.92. The van der Waals surface area contributed by atoms with Gasteiger partial charge in [0.1, 0.15) is 0 Å². The van der Waals surface area contributed by atoms with Gasteiger partial charge < -0.3 is 9.32 Å². The maximum Gasteiger partial charge on any atom is 0.277 e. The molecule has 1 saturated heterocycles. The summed E-state index contributed by atoms with van der Waals surface area (Å²) in [5.74, 6) is 0.913. The van der Waals surface area contributed by atoms with Gasteiger partial charge in [0, 0.05) is 37.7 Å². The molecule has 2 aromatic heterocycles. The van der Waals surface area contributed by atoms with Gasteiger partial charge >= 0.3 is 0 Å². The minimum atomic E-state index is 0.104. The zero-order valence-electron chi connectivity index (χ0n) is 15.1. The molecule has 146 valence electrons. The lowest BCUT2D eigenvalue weighted by molar-refractivity contribution is -0.130. The molecule has 0 spiro atoms. The van der Waals surface area contributed by atoms with Crippen LogP contribution in [0.2, 0.25) is 5.02 Å². The van der Waals surface area contributed by atoms with Gasteiger partial charge in [0.05, 0.1) is 10.6 Å². The maximum atomic E-state index is 12.5. The molecule has 9 heteroatoms. The number of nitrogens with zero attached hydrogens (tertiary/aromatic N) is 4. The van der Waals surface area contributed by atoms with Crippen LogP contribution in [-0.2, 0) is 11.3 Å². The molecular formula is C19H19ClN4O2S2. The number of rotatable bonds is 6. The minimum Gasteiger partial charge on any atom is -0.410 e. The van der Waals surface area contributed by atoms with E-state index in [1.54, 1.807) is 11.3 Å². The quantitative estimate of drug-likeness (QED) is 0.548. The Labute approximate surface area is 176 Å². The van der Waals surface area contributed by atoms with E-state index in [0.717, 1.165) is 42.6 Å². The van der Waals surface area contributed by atoms with Crippen molar-refractivity contribution in [3.8, 4) is 10.8 Å². The molecule has 0 saturated carbocycles. The van der Waals surface area contributed by atoms with E-state index in [4.69, 9.17) is 16.0 Å². The standard InChI is InChI=1S/C19H19ClN4O2S2/c20-15-5-3-14(4-6-15)12-23-7-9-24(10-8-23)17(25)13-28-19-22-21-18(26-19)16-2-1-11-27-16/h1-6,11H,7-10,12-13H2. The number of thiophene rings is 1. The first-order chi connectivity index (χ1) is 13.7. The number of benzene rings is 1. The van der Waals surface area contributed by atoms with Crippen molar-refractivity contribution in [3.05, 3.63) is 52.4 Å². The van der Waals surface area contributed by atoms with E-state index in [-0.39, 0.29) is 5.91 Å². The molecule has 6 nitrogen and oxygen atoms in total. The third-order valence-electron chi connectivity index (χ3n) is 4.50. The van der Waals surface area contributed by atoms with Gasteiger partial charge in [0.25, 0.3) is 11.1 Å². The predicted molar refractivity (Wildman–Crippen MR) is 112 cm³/mol. The molecule has 3 heterocycles. The average molecular weight is 435 g/mol. The third kappa shape index (κ3) is 4.94. The van der Waals surface area contributed by atoms with Crippen molar-refractivity contribution >= 4 is 40.6 Å². The van der Waals surface area contributed by atoms with Crippen molar-refractivity contribution in [2.45, 2.75) is 11.8 Å². The Kier molecular flexibility index (Phi) is 6.31. The van der Waals surface area contributed by atoms with Crippen LogP contribution in [0.3, 0.4) is 0 Å². The van der Waals surface area contributed by atoms with Crippen molar-refractivity contribution in [2.75, 3.05) is 31.9 Å². The Balaban J connectivity index is 1.22. The monoisotopic (exact) mass is 434 g/mol. The summed E-state index contributed by atoms with van der Waals surface area (Å²) in [4.78, 5) is 17.7. The lowest BCUT2D eigenvalue weighted by Gasteiger charge is -2.34. The number of halogens is 1. The molecule has 1 aliphatic heterocycles. The summed E-state index contributed by atoms with van der Waals surface area (Å²) in [6, 6.07) is 11.8. The van der Waals surface area contributed by atoms with Gasteiger partial charge in [-0.25, -0.2) is 0 Å². The van der Waals surface area contributed by atoms with Crippen molar-refractivity contribution in [1.29, 1.82) is 0 Å². The molecule has 1 aromatic carbocycles. The van der Waals surface area contributed by atoms with E-state index in [1.165, 1.54) is 17.3 Å². The van der Waals surface area contributed by atoms with Crippen molar-refractivity contribution in [1.82, 2.24) is 20.0 Å². The summed E-state index contributed by atoms with van der Waals surface area (Å²) in [6.45, 7) is 4.07. The van der Waals surface area contributed by atoms with Gasteiger partial charge in [-0.1, -0.05) is 41.6 Å². The van der Waals surface area contributed by atoms with E-state index < -0.39 is 0 Å². The Morgan fingerprint density at radius 1 is 1.14 bits per heavy atom. The molecule has 3 aromatic rings. The number of hydrogen-bond donors (Lipinski definition) is 0. The fourth-order valence-corrected chi connectivity index (χ4v) is 4.42. The van der Waals surface area contributed by atoms with Gasteiger partial charge in [-0.05, 0) is 29.1 Å². The highest BCUT2D eigenvalue weighted by Crippen LogP contribution is 2.26. The van der Waals surface area contributed by atoms with Crippen LogP contribution in [-0.4, -0.2) is 57.8 Å². The van der Waals surface area contributed by atoms with E-state index in [0.29, 0.717) is 16.9 Å². The van der Waals surface area contributed by atoms with Crippen molar-refractivity contribution < 1.29 is 9.21 Å². The Morgan fingerprint density at radius 3 is 2.64 bits per heavy atom. The smallest absolute Gasteiger partial charge is 0.277 e. The highest BCUT2D eigenvalue weighted by Gasteiger charge is 2.22. The van der Waals surface area contributed by atoms with Crippen LogP contribution in [0.25, 0.3) is 10.8 Å². The second kappa shape index (κ2) is 9.09. The van der Waals surface area contributed by atoms with E-state index in [9.17, 15) is 4.79 Å². The number of aromatic nitrogens is 2. The molecule has 0 N–H and O–H groups in total. The van der Waals surface area contributed by atoms with Gasteiger partial charge in [-0.3, -0.25) is 9.69 Å². The third-order valence-corrected chi connectivity index (χ3v) is 6.42. The first-order valence-corrected chi connectivity index (χ1v) is 11.2. The second-order valence-electron chi connectivity index (χ2n) is 6.42. The van der Waals surface area contributed by atoms with Gasteiger partial charge in [-0.2, -0.15) is 0 Å². The van der Waals surface area contributed by atoms with Crippen LogP contribution < -0.4 is 0 Å². The maximum absolute atomic E-state index is 12.5. The predicted octanol–water partition coefficient (Wildman–Crippen LogP) is 3.89. The van der Waals surface area contributed by atoms with Gasteiger partial charge in [-0.15, -0.1) is 21.5 Å². The number of piperazine rings is 1. The zero-order valence-corrected chi connectivity index (χ0v) is 17.5. The molecule has 1 fully saturated rings. The van der Waals surface area contributed by atoms with Crippen LogP contribution in [0.5, 0.6) is 0 Å². The number of amides is 1. The molecule has 1 aliphatic rings. The van der Waals surface area contributed by atoms with Crippen molar-refractivity contribution in [3.63, 3.8) is 0 Å². The van der Waals surface area contributed by atoms with Crippen LogP contribution >= 0.6 is 34.7 Å². The molecule has 28 heavy (non-hydrogen) atoms. The largest absolute Gasteiger partial charge is 0.410 e. The summed E-state index contributed by atoms with van der Waals surface area (Å²) < 4.78 is 5.62. The number of carbonyl (C=O) groups is 1. The molecule has 0 radical (unpaired) electrons. The molecule has 0 bridgehead atoms. The normalized spacial score (nSPS) is 15.1. The summed E-state index contributed by atoms with van der Waals surface area (Å²) in [6.07, 6.45) is 0. The van der Waals surface area contributed by atoms with Crippen LogP contribution in [0.4, 0.5) is 0 Å². The highest BCUT2D eigenvalue weighted by atomic mass is 35.5. The van der Waals surface area contributed by atoms with Gasteiger partial charge in [0.15, 0.2) is 0 Å². The number of hydrogen-bond acceptors (Lipinski definition) is 7. The van der Waals surface area contributed by atoms with Crippen LogP contribution in [0, 0.1) is 0 Å². The van der Waals surface area contributed by atoms with E-state index in [1.807, 2.05) is 46.7 Å². The number of thioether (sulfide) groups is 1. The summed E-state index contributed by atoms with van der Waals surface area (Å²) >= 11 is 8.77. The summed E-state index contributed by atoms with van der Waals surface area (Å²) in [7, 11) is 0. The number of carbonyl (C=O) groups excluding carboxylic acids is 1. The lowest BCUT2D eigenvalue weighted by Crippen LogP contribution is -2.48. The van der Waals surface area contributed by atoms with E-state index >= 15 is 0 Å². The molecular weight excluding hydrogens is 416 g/mol.